The van der Waals surface area contributed by atoms with Gasteiger partial charge >= 0.3 is 11.7 Å². The molecule has 0 N–H and O–H groups in total. The minimum absolute atomic E-state index is 0.310. The first-order valence-electron chi connectivity index (χ1n) is 11.0. The van der Waals surface area contributed by atoms with Crippen LogP contribution in [0.1, 0.15) is 58.2 Å². The first kappa shape index (κ1) is 21.7. The van der Waals surface area contributed by atoms with Gasteiger partial charge in [-0.05, 0) is 26.7 Å². The molecule has 166 valence electrons. The van der Waals surface area contributed by atoms with Crippen molar-refractivity contribution in [3.8, 4) is 0 Å². The predicted molar refractivity (Wildman–Crippen MR) is 120 cm³/mol. The van der Waals surface area contributed by atoms with Crippen molar-refractivity contribution in [3.63, 3.8) is 0 Å². The third-order valence-electron chi connectivity index (χ3n) is 5.76. The summed E-state index contributed by atoms with van der Waals surface area (Å²) in [7, 11) is 0. The second-order valence-corrected chi connectivity index (χ2v) is 8.33. The fraction of sp³-hybridized carbons (Fsp3) is 0.360. The molecule has 0 radical (unpaired) electrons. The van der Waals surface area contributed by atoms with Crippen LogP contribution in [0.2, 0.25) is 0 Å². The molecule has 1 aromatic heterocycles. The van der Waals surface area contributed by atoms with E-state index in [2.05, 4.69) is 5.10 Å². The van der Waals surface area contributed by atoms with Gasteiger partial charge in [0.05, 0.1) is 0 Å². The van der Waals surface area contributed by atoms with Crippen LogP contribution < -0.4 is 5.69 Å². The standard InChI is InChI=1S/C25H27N3O4/c1-17-7-11-19(12-8-17)23(30)24(20-13-9-18(2)10-14-20)32-22(29)16-28-25(31)27-15-5-3-4-6-21(27)26-28/h7-14,24H,3-6,15-16H2,1-2H3/t24-/m0/s1. The zero-order valence-electron chi connectivity index (χ0n) is 18.4. The lowest BCUT2D eigenvalue weighted by Crippen LogP contribution is -2.30. The maximum absolute atomic E-state index is 13.2. The average Bonchev–Trinajstić information content (AvgIpc) is 2.93. The Balaban J connectivity index is 1.57. The lowest BCUT2D eigenvalue weighted by atomic mass is 9.98. The summed E-state index contributed by atoms with van der Waals surface area (Å²) < 4.78 is 8.42. The molecule has 4 rings (SSSR count). The third-order valence-corrected chi connectivity index (χ3v) is 5.76. The highest BCUT2D eigenvalue weighted by Gasteiger charge is 2.27. The molecule has 0 bridgehead atoms. The maximum Gasteiger partial charge on any atom is 0.346 e. The molecule has 0 fully saturated rings. The lowest BCUT2D eigenvalue weighted by Gasteiger charge is -2.18. The van der Waals surface area contributed by atoms with E-state index in [1.165, 1.54) is 0 Å². The summed E-state index contributed by atoms with van der Waals surface area (Å²) in [6.07, 6.45) is 2.58. The van der Waals surface area contributed by atoms with Crippen LogP contribution in [-0.4, -0.2) is 26.1 Å². The van der Waals surface area contributed by atoms with E-state index in [-0.39, 0.29) is 18.0 Å². The largest absolute Gasteiger partial charge is 0.448 e. The Hall–Kier alpha value is -3.48. The van der Waals surface area contributed by atoms with E-state index in [0.717, 1.165) is 41.5 Å². The Morgan fingerprint density at radius 1 is 0.969 bits per heavy atom. The number of fused-ring (bicyclic) bond motifs is 1. The average molecular weight is 434 g/mol. The molecule has 2 aromatic carbocycles. The number of nitrogens with zero attached hydrogens (tertiary/aromatic N) is 3. The number of hydrogen-bond donors (Lipinski definition) is 0. The van der Waals surface area contributed by atoms with E-state index >= 15 is 0 Å². The molecule has 7 nitrogen and oxygen atoms in total. The molecule has 32 heavy (non-hydrogen) atoms. The predicted octanol–water partition coefficient (Wildman–Crippen LogP) is 3.56. The number of rotatable bonds is 6. The number of esters is 1. The monoisotopic (exact) mass is 433 g/mol. The zero-order chi connectivity index (χ0) is 22.7. The first-order valence-corrected chi connectivity index (χ1v) is 11.0. The van der Waals surface area contributed by atoms with Crippen LogP contribution in [0.15, 0.2) is 53.3 Å². The number of aromatic nitrogens is 3. The second-order valence-electron chi connectivity index (χ2n) is 8.33. The van der Waals surface area contributed by atoms with E-state index in [9.17, 15) is 14.4 Å². The molecule has 7 heteroatoms. The molecule has 3 aromatic rings. The zero-order valence-corrected chi connectivity index (χ0v) is 18.4. The Kier molecular flexibility index (Phi) is 6.35. The summed E-state index contributed by atoms with van der Waals surface area (Å²) in [5.74, 6) is -0.285. The summed E-state index contributed by atoms with van der Waals surface area (Å²) in [5.41, 5.74) is 2.80. The van der Waals surface area contributed by atoms with Gasteiger partial charge in [0.15, 0.2) is 6.10 Å². The smallest absolute Gasteiger partial charge is 0.346 e. The van der Waals surface area contributed by atoms with Crippen LogP contribution in [-0.2, 0) is 29.0 Å². The van der Waals surface area contributed by atoms with Crippen molar-refractivity contribution in [3.05, 3.63) is 87.1 Å². The summed E-state index contributed by atoms with van der Waals surface area (Å²) in [5, 5.41) is 4.34. The van der Waals surface area contributed by atoms with Crippen LogP contribution in [0.25, 0.3) is 0 Å². The van der Waals surface area contributed by atoms with Crippen LogP contribution >= 0.6 is 0 Å². The normalized spacial score (nSPS) is 14.3. The molecule has 1 atom stereocenters. The minimum Gasteiger partial charge on any atom is -0.448 e. The van der Waals surface area contributed by atoms with Gasteiger partial charge in [0.2, 0.25) is 5.78 Å². The van der Waals surface area contributed by atoms with Gasteiger partial charge in [-0.15, -0.1) is 0 Å². The number of carbonyl (C=O) groups is 2. The molecule has 0 aliphatic carbocycles. The minimum atomic E-state index is -1.10. The van der Waals surface area contributed by atoms with E-state index in [1.54, 1.807) is 28.8 Å². The number of hydrogen-bond acceptors (Lipinski definition) is 5. The molecular weight excluding hydrogens is 406 g/mol. The Morgan fingerprint density at radius 3 is 2.31 bits per heavy atom. The molecular formula is C25H27N3O4. The van der Waals surface area contributed by atoms with Crippen LogP contribution in [0, 0.1) is 13.8 Å². The summed E-state index contributed by atoms with van der Waals surface area (Å²) >= 11 is 0. The number of Topliss-reactive ketones (excluding diaryl/α,β-unsaturated/α-hetero) is 1. The number of carbonyl (C=O) groups excluding carboxylic acids is 2. The van der Waals surface area contributed by atoms with Crippen molar-refractivity contribution < 1.29 is 14.3 Å². The summed E-state index contributed by atoms with van der Waals surface area (Å²) in [6, 6.07) is 14.4. The van der Waals surface area contributed by atoms with Crippen molar-refractivity contribution in [2.45, 2.75) is 58.7 Å². The highest BCUT2D eigenvalue weighted by Crippen LogP contribution is 2.24. The first-order chi connectivity index (χ1) is 15.4. The number of benzene rings is 2. The fourth-order valence-electron chi connectivity index (χ4n) is 3.90. The van der Waals surface area contributed by atoms with E-state index in [4.69, 9.17) is 4.74 Å². The van der Waals surface area contributed by atoms with Crippen LogP contribution in [0.5, 0.6) is 0 Å². The second kappa shape index (κ2) is 9.34. The summed E-state index contributed by atoms with van der Waals surface area (Å²) in [6.45, 7) is 4.17. The van der Waals surface area contributed by atoms with Gasteiger partial charge in [-0.1, -0.05) is 66.1 Å². The molecule has 1 aliphatic heterocycles. The SMILES string of the molecule is Cc1ccc(C(=O)[C@@H](OC(=O)Cn2nc3n(c2=O)CCCCC3)c2ccc(C)cc2)cc1. The Bertz CT molecular complexity index is 1170. The number of ketones is 1. The van der Waals surface area contributed by atoms with Gasteiger partial charge in [-0.3, -0.25) is 14.2 Å². The quantitative estimate of drug-likeness (QED) is 0.439. The van der Waals surface area contributed by atoms with E-state index in [1.807, 2.05) is 38.1 Å². The van der Waals surface area contributed by atoms with Crippen molar-refractivity contribution in [2.24, 2.45) is 0 Å². The Morgan fingerprint density at radius 2 is 1.62 bits per heavy atom. The van der Waals surface area contributed by atoms with Gasteiger partial charge < -0.3 is 4.74 Å². The van der Waals surface area contributed by atoms with E-state index in [0.29, 0.717) is 23.5 Å². The highest BCUT2D eigenvalue weighted by molar-refractivity contribution is 6.01. The number of aryl methyl sites for hydroxylation is 3. The molecule has 0 spiro atoms. The molecule has 0 amide bonds. The molecule has 0 saturated heterocycles. The van der Waals surface area contributed by atoms with Crippen molar-refractivity contribution in [1.29, 1.82) is 0 Å². The van der Waals surface area contributed by atoms with Crippen LogP contribution in [0.4, 0.5) is 0 Å². The van der Waals surface area contributed by atoms with Gasteiger partial charge in [-0.2, -0.15) is 5.10 Å². The molecule has 0 saturated carbocycles. The van der Waals surface area contributed by atoms with Gasteiger partial charge in [0.25, 0.3) is 0 Å². The van der Waals surface area contributed by atoms with Crippen molar-refractivity contribution >= 4 is 11.8 Å². The van der Waals surface area contributed by atoms with Gasteiger partial charge in [0, 0.05) is 24.1 Å². The topological polar surface area (TPSA) is 83.2 Å². The highest BCUT2D eigenvalue weighted by atomic mass is 16.5. The maximum atomic E-state index is 13.2. The Labute approximate surface area is 186 Å². The van der Waals surface area contributed by atoms with Gasteiger partial charge in [-0.25, -0.2) is 9.48 Å². The van der Waals surface area contributed by atoms with Crippen molar-refractivity contribution in [2.75, 3.05) is 0 Å². The molecule has 2 heterocycles. The third kappa shape index (κ3) is 4.72. The summed E-state index contributed by atoms with van der Waals surface area (Å²) in [4.78, 5) is 38.7. The lowest BCUT2D eigenvalue weighted by molar-refractivity contribution is -0.148. The van der Waals surface area contributed by atoms with Gasteiger partial charge in [0.1, 0.15) is 12.4 Å². The fourth-order valence-corrected chi connectivity index (χ4v) is 3.90. The van der Waals surface area contributed by atoms with Crippen molar-refractivity contribution in [1.82, 2.24) is 14.3 Å². The molecule has 0 unspecified atom stereocenters. The van der Waals surface area contributed by atoms with Crippen LogP contribution in [0.3, 0.4) is 0 Å². The number of ether oxygens (including phenoxy) is 1. The van der Waals surface area contributed by atoms with E-state index < -0.39 is 12.1 Å². The molecule has 1 aliphatic rings.